The summed E-state index contributed by atoms with van der Waals surface area (Å²) in [4.78, 5) is 21.5. The van der Waals surface area contributed by atoms with Crippen molar-refractivity contribution >= 4 is 11.8 Å². The van der Waals surface area contributed by atoms with Crippen molar-refractivity contribution in [1.29, 1.82) is 0 Å². The van der Waals surface area contributed by atoms with Gasteiger partial charge >= 0.3 is 5.97 Å². The summed E-state index contributed by atoms with van der Waals surface area (Å²) in [6.45, 7) is 0.0350. The molecule has 16 heavy (non-hydrogen) atoms. The number of ketones is 1. The van der Waals surface area contributed by atoms with E-state index in [1.807, 2.05) is 0 Å². The highest BCUT2D eigenvalue weighted by Crippen LogP contribution is 2.19. The predicted molar refractivity (Wildman–Crippen MR) is 54.6 cm³/mol. The number of hydrogen-bond acceptors (Lipinski definition) is 6. The Morgan fingerprint density at radius 3 is 2.00 bits per heavy atom. The first kappa shape index (κ1) is 15.0. The average Bonchev–Trinajstić information content (AvgIpc) is 2.24. The summed E-state index contributed by atoms with van der Waals surface area (Å²) < 4.78 is 4.72. The van der Waals surface area contributed by atoms with Crippen molar-refractivity contribution in [2.45, 2.75) is 19.8 Å². The molecular weight excluding hydrogens is 216 g/mol. The second kappa shape index (κ2) is 7.32. The molecule has 0 unspecified atom stereocenters. The van der Waals surface area contributed by atoms with Gasteiger partial charge in [0.15, 0.2) is 0 Å². The van der Waals surface area contributed by atoms with E-state index in [9.17, 15) is 9.59 Å². The van der Waals surface area contributed by atoms with E-state index in [0.717, 1.165) is 0 Å². The van der Waals surface area contributed by atoms with Gasteiger partial charge < -0.3 is 20.1 Å². The molecule has 0 aromatic rings. The largest absolute Gasteiger partial charge is 0.465 e. The molecule has 0 aliphatic carbocycles. The molecule has 0 saturated heterocycles. The normalized spacial score (nSPS) is 11.2. The molecule has 0 atom stereocenters. The summed E-state index contributed by atoms with van der Waals surface area (Å²) in [5, 5.41) is 26.9. The molecule has 0 saturated carbocycles. The molecule has 0 heterocycles. The van der Waals surface area contributed by atoms with Crippen molar-refractivity contribution in [2.75, 3.05) is 26.4 Å². The molecule has 0 bridgehead atoms. The summed E-state index contributed by atoms with van der Waals surface area (Å²) >= 11 is 0. The van der Waals surface area contributed by atoms with Crippen LogP contribution in [0, 0.1) is 5.41 Å². The van der Waals surface area contributed by atoms with Crippen molar-refractivity contribution < 1.29 is 29.6 Å². The van der Waals surface area contributed by atoms with Gasteiger partial charge in [0.25, 0.3) is 0 Å². The van der Waals surface area contributed by atoms with Crippen LogP contribution in [-0.4, -0.2) is 53.5 Å². The Bertz CT molecular complexity index is 225. The Labute approximate surface area is 93.8 Å². The van der Waals surface area contributed by atoms with Crippen LogP contribution in [0.3, 0.4) is 0 Å². The third-order valence-corrected chi connectivity index (χ3v) is 2.29. The second-order valence-corrected chi connectivity index (χ2v) is 3.82. The fourth-order valence-electron chi connectivity index (χ4n) is 1.02. The highest BCUT2D eigenvalue weighted by atomic mass is 16.5. The maximum Gasteiger partial charge on any atom is 0.313 e. The molecule has 6 nitrogen and oxygen atoms in total. The summed E-state index contributed by atoms with van der Waals surface area (Å²) in [7, 11) is 0. The highest BCUT2D eigenvalue weighted by molar-refractivity contribution is 5.94. The maximum absolute atomic E-state index is 11.0. The Morgan fingerprint density at radius 1 is 1.12 bits per heavy atom. The number of aliphatic hydroxyl groups excluding tert-OH is 3. The Balaban J connectivity index is 3.95. The third-order valence-electron chi connectivity index (χ3n) is 2.29. The number of rotatable bonds is 8. The first-order valence-corrected chi connectivity index (χ1v) is 4.97. The molecule has 0 aliphatic rings. The van der Waals surface area contributed by atoms with Crippen LogP contribution in [0.5, 0.6) is 0 Å². The minimum atomic E-state index is -1.05. The van der Waals surface area contributed by atoms with E-state index in [1.54, 1.807) is 0 Å². The van der Waals surface area contributed by atoms with E-state index >= 15 is 0 Å². The number of hydrogen-bond donors (Lipinski definition) is 3. The molecule has 0 rings (SSSR count). The molecule has 0 aromatic carbocycles. The fourth-order valence-corrected chi connectivity index (χ4v) is 1.02. The molecule has 0 aliphatic heterocycles. The van der Waals surface area contributed by atoms with Crippen LogP contribution in [0.15, 0.2) is 0 Å². The van der Waals surface area contributed by atoms with Crippen LogP contribution in [0.1, 0.15) is 19.8 Å². The standard InChI is InChI=1S/C10H18O6/c1-8(14)4-9(15)16-3-2-10(5-11,6-12)7-13/h11-13H,2-7H2,1H3. The number of Topliss-reactive ketones (excluding diaryl/α,β-unsaturated/α-hetero) is 1. The van der Waals surface area contributed by atoms with Crippen molar-refractivity contribution in [2.24, 2.45) is 5.41 Å². The lowest BCUT2D eigenvalue weighted by molar-refractivity contribution is -0.147. The monoisotopic (exact) mass is 234 g/mol. The Kier molecular flexibility index (Phi) is 6.87. The van der Waals surface area contributed by atoms with Gasteiger partial charge in [0, 0.05) is 5.41 Å². The van der Waals surface area contributed by atoms with Gasteiger partial charge in [-0.25, -0.2) is 0 Å². The van der Waals surface area contributed by atoms with Gasteiger partial charge in [-0.05, 0) is 13.3 Å². The number of ether oxygens (including phenoxy) is 1. The van der Waals surface area contributed by atoms with Crippen molar-refractivity contribution in [3.8, 4) is 0 Å². The van der Waals surface area contributed by atoms with Gasteiger partial charge in [-0.3, -0.25) is 9.59 Å². The number of esters is 1. The molecule has 0 aromatic heterocycles. The SMILES string of the molecule is CC(=O)CC(=O)OCCC(CO)(CO)CO. The lowest BCUT2D eigenvalue weighted by Crippen LogP contribution is -2.35. The quantitative estimate of drug-likeness (QED) is 0.362. The smallest absolute Gasteiger partial charge is 0.313 e. The van der Waals surface area contributed by atoms with Crippen LogP contribution < -0.4 is 0 Å². The minimum Gasteiger partial charge on any atom is -0.465 e. The lowest BCUT2D eigenvalue weighted by atomic mass is 9.88. The molecule has 0 fully saturated rings. The molecule has 94 valence electrons. The van der Waals surface area contributed by atoms with Gasteiger partial charge in [0.2, 0.25) is 0 Å². The molecule has 3 N–H and O–H groups in total. The van der Waals surface area contributed by atoms with E-state index in [0.29, 0.717) is 0 Å². The average molecular weight is 234 g/mol. The maximum atomic E-state index is 11.0. The third kappa shape index (κ3) is 5.20. The molecule has 0 radical (unpaired) electrons. The molecule has 0 spiro atoms. The lowest BCUT2D eigenvalue weighted by Gasteiger charge is -2.26. The number of aliphatic hydroxyl groups is 3. The zero-order chi connectivity index (χ0) is 12.6. The summed E-state index contributed by atoms with van der Waals surface area (Å²) in [5.41, 5.74) is -1.05. The number of carbonyl (C=O) groups is 2. The first-order valence-electron chi connectivity index (χ1n) is 4.97. The van der Waals surface area contributed by atoms with Crippen LogP contribution in [0.4, 0.5) is 0 Å². The predicted octanol–water partition coefficient (Wildman–Crippen LogP) is -1.14. The van der Waals surface area contributed by atoms with Gasteiger partial charge in [0.05, 0.1) is 26.4 Å². The molecular formula is C10H18O6. The van der Waals surface area contributed by atoms with Crippen LogP contribution in [-0.2, 0) is 14.3 Å². The van der Waals surface area contributed by atoms with Crippen LogP contribution >= 0.6 is 0 Å². The first-order chi connectivity index (χ1) is 7.49. The van der Waals surface area contributed by atoms with Gasteiger partial charge in [0.1, 0.15) is 12.2 Å². The zero-order valence-electron chi connectivity index (χ0n) is 9.31. The van der Waals surface area contributed by atoms with E-state index in [-0.39, 0.29) is 25.2 Å². The van der Waals surface area contributed by atoms with E-state index in [2.05, 4.69) is 0 Å². The molecule has 0 amide bonds. The van der Waals surface area contributed by atoms with Crippen molar-refractivity contribution in [1.82, 2.24) is 0 Å². The second-order valence-electron chi connectivity index (χ2n) is 3.82. The van der Waals surface area contributed by atoms with E-state index in [4.69, 9.17) is 20.1 Å². The van der Waals surface area contributed by atoms with E-state index in [1.165, 1.54) is 6.92 Å². The van der Waals surface area contributed by atoms with Crippen LogP contribution in [0.2, 0.25) is 0 Å². The molecule has 6 heteroatoms. The van der Waals surface area contributed by atoms with Crippen molar-refractivity contribution in [3.05, 3.63) is 0 Å². The van der Waals surface area contributed by atoms with Crippen molar-refractivity contribution in [3.63, 3.8) is 0 Å². The number of carbonyl (C=O) groups excluding carboxylic acids is 2. The summed E-state index contributed by atoms with van der Waals surface area (Å²) in [6.07, 6.45) is -0.148. The zero-order valence-corrected chi connectivity index (χ0v) is 9.31. The Hall–Kier alpha value is -0.980. The van der Waals surface area contributed by atoms with E-state index < -0.39 is 31.2 Å². The van der Waals surface area contributed by atoms with Gasteiger partial charge in [-0.1, -0.05) is 0 Å². The Morgan fingerprint density at radius 2 is 1.62 bits per heavy atom. The van der Waals surface area contributed by atoms with Crippen LogP contribution in [0.25, 0.3) is 0 Å². The highest BCUT2D eigenvalue weighted by Gasteiger charge is 2.28. The fraction of sp³-hybridized carbons (Fsp3) is 0.800. The minimum absolute atomic E-state index is 0.0478. The summed E-state index contributed by atoms with van der Waals surface area (Å²) in [6, 6.07) is 0. The van der Waals surface area contributed by atoms with Gasteiger partial charge in [-0.2, -0.15) is 0 Å². The topological polar surface area (TPSA) is 104 Å². The van der Waals surface area contributed by atoms with Gasteiger partial charge in [-0.15, -0.1) is 0 Å². The summed E-state index contributed by atoms with van der Waals surface area (Å²) in [5.74, 6) is -0.932.